The van der Waals surface area contributed by atoms with Crippen molar-refractivity contribution < 1.29 is 23.9 Å². The number of carbonyl (C=O) groups excluding carboxylic acids is 1. The van der Waals surface area contributed by atoms with Crippen LogP contribution in [0.15, 0.2) is 12.1 Å². The van der Waals surface area contributed by atoms with Crippen molar-refractivity contribution in [3.63, 3.8) is 0 Å². The topological polar surface area (TPSA) is 119 Å². The predicted octanol–water partition coefficient (Wildman–Crippen LogP) is 0.324. The summed E-state index contributed by atoms with van der Waals surface area (Å²) in [6.07, 6.45) is 1.45. The van der Waals surface area contributed by atoms with Crippen molar-refractivity contribution >= 4 is 5.91 Å². The lowest BCUT2D eigenvalue weighted by atomic mass is 9.93. The third kappa shape index (κ3) is 4.58. The zero-order valence-corrected chi connectivity index (χ0v) is 19.1. The van der Waals surface area contributed by atoms with Gasteiger partial charge in [-0.2, -0.15) is 0 Å². The van der Waals surface area contributed by atoms with Crippen LogP contribution in [0, 0.1) is 5.92 Å². The standard InChI is InChI=1S/C21H32N6O4/c1-21(2,3)27-20(23-24-25-27)17(26-9-7-13(8-10-26)19(22)28)14-11-15(29-4)18(31-6)16(12-14)30-5/h11-13,17H,7-10H2,1-6H3,(H2,22,28)/p+1/t17-/m1/s1. The number of likely N-dealkylation sites (tertiary alicyclic amines) is 1. The molecule has 1 amide bonds. The minimum absolute atomic E-state index is 0.0945. The van der Waals surface area contributed by atoms with Crippen LogP contribution < -0.4 is 24.8 Å². The molecule has 1 atom stereocenters. The molecule has 0 unspecified atom stereocenters. The summed E-state index contributed by atoms with van der Waals surface area (Å²) < 4.78 is 18.5. The van der Waals surface area contributed by atoms with Crippen LogP contribution in [-0.2, 0) is 10.3 Å². The van der Waals surface area contributed by atoms with Crippen molar-refractivity contribution in [2.75, 3.05) is 34.4 Å². The summed E-state index contributed by atoms with van der Waals surface area (Å²) in [5.41, 5.74) is 6.20. The van der Waals surface area contributed by atoms with Crippen LogP contribution in [0.5, 0.6) is 17.2 Å². The second-order valence-electron chi connectivity index (χ2n) is 8.85. The Morgan fingerprint density at radius 2 is 1.71 bits per heavy atom. The number of carbonyl (C=O) groups is 1. The fourth-order valence-electron chi connectivity index (χ4n) is 4.25. The molecule has 1 saturated heterocycles. The number of nitrogens with two attached hydrogens (primary N) is 1. The van der Waals surface area contributed by atoms with Gasteiger partial charge in [-0.1, -0.05) is 0 Å². The fraction of sp³-hybridized carbons (Fsp3) is 0.619. The monoisotopic (exact) mass is 433 g/mol. The van der Waals surface area contributed by atoms with Crippen LogP contribution >= 0.6 is 0 Å². The number of nitrogens with one attached hydrogen (secondary N) is 1. The molecule has 2 heterocycles. The summed E-state index contributed by atoms with van der Waals surface area (Å²) in [5, 5.41) is 12.7. The molecule has 0 saturated carbocycles. The smallest absolute Gasteiger partial charge is 0.220 e. The Morgan fingerprint density at radius 3 is 2.16 bits per heavy atom. The lowest BCUT2D eigenvalue weighted by Gasteiger charge is -2.34. The van der Waals surface area contributed by atoms with Crippen molar-refractivity contribution in [2.24, 2.45) is 11.7 Å². The predicted molar refractivity (Wildman–Crippen MR) is 113 cm³/mol. The number of primary amides is 1. The van der Waals surface area contributed by atoms with E-state index in [1.54, 1.807) is 21.3 Å². The maximum absolute atomic E-state index is 11.7. The van der Waals surface area contributed by atoms with E-state index in [2.05, 4.69) is 36.3 Å². The number of ether oxygens (including phenoxy) is 3. The molecule has 3 N–H and O–H groups in total. The molecular weight excluding hydrogens is 400 g/mol. The summed E-state index contributed by atoms with van der Waals surface area (Å²) in [5.74, 6) is 2.09. The molecule has 0 bridgehead atoms. The first kappa shape index (κ1) is 22.8. The minimum Gasteiger partial charge on any atom is -0.493 e. The number of quaternary nitrogens is 1. The molecule has 1 aliphatic rings. The second-order valence-corrected chi connectivity index (χ2v) is 8.85. The normalized spacial score (nSPS) is 20.2. The number of hydrogen-bond acceptors (Lipinski definition) is 7. The van der Waals surface area contributed by atoms with Gasteiger partial charge in [0.25, 0.3) is 0 Å². The van der Waals surface area contributed by atoms with Gasteiger partial charge in [-0.05, 0) is 43.3 Å². The highest BCUT2D eigenvalue weighted by Crippen LogP contribution is 2.40. The van der Waals surface area contributed by atoms with Gasteiger partial charge in [0.15, 0.2) is 17.5 Å². The van der Waals surface area contributed by atoms with Crippen LogP contribution in [0.2, 0.25) is 0 Å². The molecule has 0 spiro atoms. The largest absolute Gasteiger partial charge is 0.493 e. The number of tetrazole rings is 1. The van der Waals surface area contributed by atoms with E-state index in [9.17, 15) is 4.79 Å². The summed E-state index contributed by atoms with van der Waals surface area (Å²) in [4.78, 5) is 12.9. The van der Waals surface area contributed by atoms with Crippen LogP contribution in [0.25, 0.3) is 0 Å². The van der Waals surface area contributed by atoms with E-state index in [1.807, 2.05) is 16.8 Å². The van der Waals surface area contributed by atoms with E-state index in [-0.39, 0.29) is 23.4 Å². The lowest BCUT2D eigenvalue weighted by Crippen LogP contribution is -3.13. The average Bonchev–Trinajstić information content (AvgIpc) is 3.23. The number of benzene rings is 1. The third-order valence-corrected chi connectivity index (χ3v) is 5.85. The Balaban J connectivity index is 2.12. The van der Waals surface area contributed by atoms with Crippen molar-refractivity contribution in [3.8, 4) is 17.2 Å². The van der Waals surface area contributed by atoms with E-state index in [0.29, 0.717) is 17.2 Å². The number of methoxy groups -OCH3 is 3. The van der Waals surface area contributed by atoms with Gasteiger partial charge >= 0.3 is 0 Å². The van der Waals surface area contributed by atoms with E-state index >= 15 is 0 Å². The Morgan fingerprint density at radius 1 is 1.13 bits per heavy atom. The van der Waals surface area contributed by atoms with E-state index in [4.69, 9.17) is 19.9 Å². The molecule has 0 radical (unpaired) electrons. The Labute approximate surface area is 182 Å². The summed E-state index contributed by atoms with van der Waals surface area (Å²) in [6, 6.07) is 3.71. The zero-order valence-electron chi connectivity index (χ0n) is 19.1. The first-order chi connectivity index (χ1) is 14.7. The number of amides is 1. The number of aromatic nitrogens is 4. The summed E-state index contributed by atoms with van der Waals surface area (Å²) in [6.45, 7) is 7.73. The zero-order chi connectivity index (χ0) is 22.8. The molecule has 10 nitrogen and oxygen atoms in total. The van der Waals surface area contributed by atoms with Crippen LogP contribution in [-0.4, -0.2) is 60.5 Å². The number of rotatable bonds is 7. The van der Waals surface area contributed by atoms with Gasteiger partial charge in [0, 0.05) is 24.3 Å². The number of nitrogens with zero attached hydrogens (tertiary/aromatic N) is 4. The Bertz CT molecular complexity index is 890. The number of piperidine rings is 1. The molecular formula is C21H33N6O4+. The molecule has 1 aromatic carbocycles. The van der Waals surface area contributed by atoms with Gasteiger partial charge in [0.2, 0.25) is 17.5 Å². The Hall–Kier alpha value is -2.88. The van der Waals surface area contributed by atoms with Crippen molar-refractivity contribution in [1.82, 2.24) is 20.2 Å². The molecule has 1 aromatic heterocycles. The van der Waals surface area contributed by atoms with Crippen LogP contribution in [0.1, 0.15) is 51.0 Å². The molecule has 3 rings (SSSR count). The SMILES string of the molecule is COc1cc([C@H](c2nnnn2C(C)(C)C)[NH+]2CCC(C(N)=O)CC2)cc(OC)c1OC. The first-order valence-electron chi connectivity index (χ1n) is 10.4. The van der Waals surface area contributed by atoms with E-state index < -0.39 is 0 Å². The summed E-state index contributed by atoms with van der Waals surface area (Å²) >= 11 is 0. The van der Waals surface area contributed by atoms with E-state index in [1.165, 1.54) is 4.90 Å². The molecule has 10 heteroatoms. The molecule has 1 fully saturated rings. The molecule has 1 aliphatic heterocycles. The van der Waals surface area contributed by atoms with E-state index in [0.717, 1.165) is 37.3 Å². The maximum Gasteiger partial charge on any atom is 0.220 e. The highest BCUT2D eigenvalue weighted by molar-refractivity contribution is 5.76. The fourth-order valence-corrected chi connectivity index (χ4v) is 4.25. The summed E-state index contributed by atoms with van der Waals surface area (Å²) in [7, 11) is 4.78. The molecule has 2 aromatic rings. The minimum atomic E-state index is -0.303. The van der Waals surface area contributed by atoms with Gasteiger partial charge in [0.05, 0.1) is 40.0 Å². The maximum atomic E-state index is 11.7. The van der Waals surface area contributed by atoms with Crippen molar-refractivity contribution in [1.29, 1.82) is 0 Å². The second kappa shape index (κ2) is 9.09. The van der Waals surface area contributed by atoms with Crippen LogP contribution in [0.3, 0.4) is 0 Å². The van der Waals surface area contributed by atoms with Gasteiger partial charge in [-0.3, -0.25) is 4.79 Å². The van der Waals surface area contributed by atoms with Crippen molar-refractivity contribution in [2.45, 2.75) is 45.2 Å². The molecule has 170 valence electrons. The van der Waals surface area contributed by atoms with Gasteiger partial charge in [-0.25, -0.2) is 4.68 Å². The van der Waals surface area contributed by atoms with Gasteiger partial charge < -0.3 is 24.8 Å². The van der Waals surface area contributed by atoms with Crippen LogP contribution in [0.4, 0.5) is 0 Å². The Kier molecular flexibility index (Phi) is 6.68. The first-order valence-corrected chi connectivity index (χ1v) is 10.4. The van der Waals surface area contributed by atoms with Gasteiger partial charge in [-0.15, -0.1) is 5.10 Å². The van der Waals surface area contributed by atoms with Crippen molar-refractivity contribution in [3.05, 3.63) is 23.5 Å². The quantitative estimate of drug-likeness (QED) is 0.646. The average molecular weight is 434 g/mol. The molecule has 0 aliphatic carbocycles. The lowest BCUT2D eigenvalue weighted by molar-refractivity contribution is -0.931. The highest BCUT2D eigenvalue weighted by atomic mass is 16.5. The van der Waals surface area contributed by atoms with Gasteiger partial charge in [0.1, 0.15) is 0 Å². The third-order valence-electron chi connectivity index (χ3n) is 5.85. The molecule has 31 heavy (non-hydrogen) atoms. The number of hydrogen-bond donors (Lipinski definition) is 2. The highest BCUT2D eigenvalue weighted by Gasteiger charge is 2.38.